The van der Waals surface area contributed by atoms with Crippen molar-refractivity contribution in [3.05, 3.63) is 81.8 Å². The van der Waals surface area contributed by atoms with Gasteiger partial charge in [0.1, 0.15) is 12.6 Å². The minimum atomic E-state index is -0.518. The van der Waals surface area contributed by atoms with Crippen molar-refractivity contribution in [2.75, 3.05) is 24.7 Å². The number of fused-ring (bicyclic) bond motifs is 1. The number of nitrogens with zero attached hydrogens (tertiary/aromatic N) is 5. The third-order valence-electron chi connectivity index (χ3n) is 5.46. The largest absolute Gasteiger partial charge is 0.454 e. The Hall–Kier alpha value is -3.24. The summed E-state index contributed by atoms with van der Waals surface area (Å²) in [5.74, 6) is 0.351. The first-order valence-corrected chi connectivity index (χ1v) is 12.3. The van der Waals surface area contributed by atoms with Crippen LogP contribution in [0.2, 0.25) is 0 Å². The Kier molecular flexibility index (Phi) is 6.34. The maximum absolute atomic E-state index is 6.10. The molecule has 2 N–H and O–H groups in total. The summed E-state index contributed by atoms with van der Waals surface area (Å²) in [6.07, 6.45) is 3.38. The molecule has 0 radical (unpaired) electrons. The van der Waals surface area contributed by atoms with E-state index in [-0.39, 0.29) is 0 Å². The molecular formula is C24H23BrN6O2S. The quantitative estimate of drug-likeness (QED) is 0.346. The Morgan fingerprint density at radius 2 is 1.91 bits per heavy atom. The number of rotatable bonds is 7. The van der Waals surface area contributed by atoms with Gasteiger partial charge >= 0.3 is 0 Å². The lowest BCUT2D eigenvalue weighted by Gasteiger charge is -2.14. The van der Waals surface area contributed by atoms with Gasteiger partial charge in [0.05, 0.1) is 0 Å². The van der Waals surface area contributed by atoms with E-state index >= 15 is 0 Å². The fourth-order valence-corrected chi connectivity index (χ4v) is 4.95. The average Bonchev–Trinajstić information content (AvgIpc) is 3.44. The van der Waals surface area contributed by atoms with Crippen molar-refractivity contribution in [3.63, 3.8) is 0 Å². The Balaban J connectivity index is 1.37. The van der Waals surface area contributed by atoms with Crippen molar-refractivity contribution < 1.29 is 9.47 Å². The molecular weight excluding hydrogens is 516 g/mol. The molecule has 0 fully saturated rings. The maximum Gasteiger partial charge on any atom is 0.268 e. The predicted molar refractivity (Wildman–Crippen MR) is 137 cm³/mol. The van der Waals surface area contributed by atoms with Gasteiger partial charge in [-0.3, -0.25) is 0 Å². The zero-order valence-electron chi connectivity index (χ0n) is 18.7. The second-order valence-electron chi connectivity index (χ2n) is 7.93. The first kappa shape index (κ1) is 22.5. The van der Waals surface area contributed by atoms with Crippen LogP contribution in [0, 0.1) is 0 Å². The zero-order chi connectivity index (χ0) is 23.7. The van der Waals surface area contributed by atoms with Crippen LogP contribution in [0.1, 0.15) is 17.4 Å². The van der Waals surface area contributed by atoms with Gasteiger partial charge in [0.2, 0.25) is 5.09 Å². The monoisotopic (exact) mass is 538 g/mol. The summed E-state index contributed by atoms with van der Waals surface area (Å²) < 4.78 is 14.8. The summed E-state index contributed by atoms with van der Waals surface area (Å²) in [6.45, 7) is 0.679. The summed E-state index contributed by atoms with van der Waals surface area (Å²) in [7, 11) is 4.07. The molecule has 1 aliphatic heterocycles. The molecule has 0 bridgehead atoms. The molecule has 0 aliphatic carbocycles. The highest BCUT2D eigenvalue weighted by molar-refractivity contribution is 9.10. The van der Waals surface area contributed by atoms with Crippen molar-refractivity contribution in [3.8, 4) is 0 Å². The van der Waals surface area contributed by atoms with E-state index in [9.17, 15) is 0 Å². The third kappa shape index (κ3) is 4.55. The molecule has 1 aliphatic rings. The minimum absolute atomic E-state index is 0.351. The van der Waals surface area contributed by atoms with Gasteiger partial charge < -0.3 is 24.7 Å². The molecule has 5 rings (SSSR count). The molecule has 3 heterocycles. The molecule has 8 nitrogen and oxygen atoms in total. The predicted octanol–water partition coefficient (Wildman–Crippen LogP) is 5.12. The number of aromatic nitrogens is 4. The molecule has 1 atom stereocenters. The summed E-state index contributed by atoms with van der Waals surface area (Å²) in [5, 5.41) is 1.33. The van der Waals surface area contributed by atoms with Gasteiger partial charge in [-0.05, 0) is 41.9 Å². The minimum Gasteiger partial charge on any atom is -0.454 e. The number of nitrogens with two attached hydrogens (primary N) is 1. The smallest absolute Gasteiger partial charge is 0.268 e. The van der Waals surface area contributed by atoms with Gasteiger partial charge in [0.15, 0.2) is 22.1 Å². The van der Waals surface area contributed by atoms with E-state index < -0.39 is 6.29 Å². The van der Waals surface area contributed by atoms with Gasteiger partial charge in [0, 0.05) is 36.4 Å². The molecule has 4 aromatic rings. The van der Waals surface area contributed by atoms with Gasteiger partial charge in [0.25, 0.3) is 6.29 Å². The zero-order valence-corrected chi connectivity index (χ0v) is 21.1. The molecule has 0 spiro atoms. The van der Waals surface area contributed by atoms with E-state index in [1.54, 1.807) is 6.26 Å². The van der Waals surface area contributed by atoms with E-state index in [0.29, 0.717) is 28.6 Å². The number of imidazole rings is 1. The number of aryl methyl sites for hydroxylation is 2. The number of halogens is 1. The van der Waals surface area contributed by atoms with Crippen LogP contribution in [0.3, 0.4) is 0 Å². The van der Waals surface area contributed by atoms with Gasteiger partial charge in [-0.15, -0.1) is 0 Å². The van der Waals surface area contributed by atoms with Crippen molar-refractivity contribution in [2.45, 2.75) is 24.4 Å². The first-order chi connectivity index (χ1) is 16.5. The van der Waals surface area contributed by atoms with Crippen LogP contribution in [-0.2, 0) is 22.4 Å². The summed E-state index contributed by atoms with van der Waals surface area (Å²) in [5.41, 5.74) is 10.7. The van der Waals surface area contributed by atoms with Crippen LogP contribution >= 0.6 is 27.7 Å². The van der Waals surface area contributed by atoms with Crippen LogP contribution in [0.4, 0.5) is 11.5 Å². The highest BCUT2D eigenvalue weighted by Crippen LogP contribution is 2.40. The van der Waals surface area contributed by atoms with Gasteiger partial charge in [-0.25, -0.2) is 15.0 Å². The van der Waals surface area contributed by atoms with Gasteiger partial charge in [-0.2, -0.15) is 0 Å². The topological polar surface area (TPSA) is 91.3 Å². The number of thioether (sulfide) groups is 1. The SMILES string of the molecule is CN(C)c1ccc(CCn2c(SC3=COC(c4ccccc4Br)O3)nc3c(N)ncnc32)cc1. The normalized spacial score (nSPS) is 15.1. The highest BCUT2D eigenvalue weighted by atomic mass is 79.9. The van der Waals surface area contributed by atoms with Crippen LogP contribution in [0.5, 0.6) is 0 Å². The Morgan fingerprint density at radius 1 is 1.12 bits per heavy atom. The first-order valence-electron chi connectivity index (χ1n) is 10.7. The molecule has 0 saturated heterocycles. The van der Waals surface area contributed by atoms with Gasteiger partial charge in [-0.1, -0.05) is 46.3 Å². The van der Waals surface area contributed by atoms with Crippen LogP contribution in [0.25, 0.3) is 11.2 Å². The lowest BCUT2D eigenvalue weighted by molar-refractivity contribution is -0.0278. The van der Waals surface area contributed by atoms with E-state index in [2.05, 4.69) is 55.1 Å². The summed E-state index contributed by atoms with van der Waals surface area (Å²) in [6, 6.07) is 16.3. The third-order valence-corrected chi connectivity index (χ3v) is 7.07. The van der Waals surface area contributed by atoms with E-state index in [4.69, 9.17) is 20.2 Å². The number of benzene rings is 2. The molecule has 2 aromatic carbocycles. The molecule has 174 valence electrons. The van der Waals surface area contributed by atoms with Crippen molar-refractivity contribution in [1.29, 1.82) is 0 Å². The number of hydrogen-bond donors (Lipinski definition) is 1. The Morgan fingerprint density at radius 3 is 2.68 bits per heavy atom. The van der Waals surface area contributed by atoms with Crippen LogP contribution in [-0.4, -0.2) is 33.6 Å². The second-order valence-corrected chi connectivity index (χ2v) is 9.76. The molecule has 0 amide bonds. The van der Waals surface area contributed by atoms with E-state index in [1.807, 2.05) is 42.9 Å². The molecule has 34 heavy (non-hydrogen) atoms. The van der Waals surface area contributed by atoms with Crippen molar-refractivity contribution >= 4 is 50.4 Å². The van der Waals surface area contributed by atoms with E-state index in [0.717, 1.165) is 21.6 Å². The number of hydrogen-bond acceptors (Lipinski definition) is 8. The molecule has 1 unspecified atom stereocenters. The van der Waals surface area contributed by atoms with Crippen molar-refractivity contribution in [1.82, 2.24) is 19.5 Å². The van der Waals surface area contributed by atoms with Crippen molar-refractivity contribution in [2.24, 2.45) is 0 Å². The lowest BCUT2D eigenvalue weighted by Crippen LogP contribution is -2.08. The number of nitrogen functional groups attached to an aromatic ring is 1. The summed E-state index contributed by atoms with van der Waals surface area (Å²) in [4.78, 5) is 15.4. The number of ether oxygens (including phenoxy) is 2. The molecule has 10 heteroatoms. The van der Waals surface area contributed by atoms with Crippen LogP contribution < -0.4 is 10.6 Å². The molecule has 2 aromatic heterocycles. The summed E-state index contributed by atoms with van der Waals surface area (Å²) >= 11 is 4.93. The standard InChI is InChI=1S/C24H23BrN6O2S/c1-30(2)16-9-7-15(8-10-16)11-12-31-22-20(21(26)27-14-28-22)29-24(31)34-19-13-32-23(33-19)17-5-3-4-6-18(17)25/h3-10,13-14,23H,11-12H2,1-2H3,(H2,26,27,28). The fourth-order valence-electron chi connectivity index (χ4n) is 3.63. The Bertz CT molecular complexity index is 1360. The maximum atomic E-state index is 6.10. The lowest BCUT2D eigenvalue weighted by atomic mass is 10.1. The second kappa shape index (κ2) is 9.55. The number of anilines is 2. The van der Waals surface area contributed by atoms with Crippen LogP contribution in [0.15, 0.2) is 75.8 Å². The highest BCUT2D eigenvalue weighted by Gasteiger charge is 2.26. The average molecular weight is 539 g/mol. The molecule has 0 saturated carbocycles. The fraction of sp³-hybridized carbons (Fsp3) is 0.208. The van der Waals surface area contributed by atoms with E-state index in [1.165, 1.54) is 29.3 Å². The Labute approximate surface area is 209 Å².